The van der Waals surface area contributed by atoms with Crippen molar-refractivity contribution in [3.63, 3.8) is 0 Å². The van der Waals surface area contributed by atoms with Gasteiger partial charge >= 0.3 is 6.01 Å². The third kappa shape index (κ3) is 1.85. The largest absolute Gasteiger partial charge is 0.439 e. The molecule has 0 N–H and O–H groups in total. The minimum absolute atomic E-state index is 0.287. The van der Waals surface area contributed by atoms with Crippen molar-refractivity contribution in [2.24, 2.45) is 4.99 Å². The first-order valence-corrected chi connectivity index (χ1v) is 9.34. The van der Waals surface area contributed by atoms with Gasteiger partial charge in [-0.1, -0.05) is 11.2 Å². The Morgan fingerprint density at radius 2 is 2.19 bits per heavy atom. The van der Waals surface area contributed by atoms with Crippen molar-refractivity contribution < 1.29 is 4.52 Å². The van der Waals surface area contributed by atoms with Gasteiger partial charge in [-0.2, -0.15) is 9.48 Å². The van der Waals surface area contributed by atoms with Crippen molar-refractivity contribution in [1.29, 1.82) is 0 Å². The second-order valence-corrected chi connectivity index (χ2v) is 7.73. The summed E-state index contributed by atoms with van der Waals surface area (Å²) in [5.41, 5.74) is 3.11. The fourth-order valence-electron chi connectivity index (χ4n) is 3.76. The molecule has 1 fully saturated rings. The normalized spacial score (nSPS) is 23.2. The van der Waals surface area contributed by atoms with Crippen molar-refractivity contribution in [1.82, 2.24) is 24.2 Å². The molecule has 4 heterocycles. The van der Waals surface area contributed by atoms with Crippen LogP contribution < -0.4 is 4.48 Å². The van der Waals surface area contributed by atoms with E-state index in [9.17, 15) is 0 Å². The molecule has 0 radical (unpaired) electrons. The predicted octanol–water partition coefficient (Wildman–Crippen LogP) is 3.65. The number of amidine groups is 1. The number of aliphatic imine (C=N–C) groups is 1. The minimum atomic E-state index is 0.287. The number of para-hydroxylation sites is 1. The number of nitrogens with zero attached hydrogens (tertiary/aromatic N) is 6. The van der Waals surface area contributed by atoms with Crippen molar-refractivity contribution in [3.05, 3.63) is 64.7 Å². The van der Waals surface area contributed by atoms with Gasteiger partial charge < -0.3 is 0 Å². The number of halogens is 1. The van der Waals surface area contributed by atoms with Gasteiger partial charge in [0, 0.05) is 10.4 Å². The lowest BCUT2D eigenvalue weighted by Gasteiger charge is -2.25. The molecule has 3 aliphatic rings. The molecule has 0 bridgehead atoms. The number of hydrogen-bond donors (Lipinski definition) is 0. The van der Waals surface area contributed by atoms with Crippen LogP contribution in [-0.4, -0.2) is 25.5 Å². The van der Waals surface area contributed by atoms with Crippen molar-refractivity contribution in [2.75, 3.05) is 0 Å². The smallest absolute Gasteiger partial charge is 0.296 e. The molecule has 0 spiro atoms. The Morgan fingerprint density at radius 3 is 3.08 bits per heavy atom. The van der Waals surface area contributed by atoms with Gasteiger partial charge in [0.1, 0.15) is 12.7 Å². The van der Waals surface area contributed by atoms with Crippen molar-refractivity contribution >= 4 is 27.8 Å². The second-order valence-electron chi connectivity index (χ2n) is 6.88. The molecule has 8 heteroatoms. The monoisotopic (exact) mass is 409 g/mol. The van der Waals surface area contributed by atoms with Crippen LogP contribution in [0, 0.1) is 0 Å². The lowest BCUT2D eigenvalue weighted by atomic mass is 10.1. The quantitative estimate of drug-likeness (QED) is 0.605. The minimum Gasteiger partial charge on any atom is -0.296 e. The predicted molar refractivity (Wildman–Crippen MR) is 98.7 cm³/mol. The molecule has 1 aliphatic carbocycles. The molecule has 3 aromatic rings. The number of fused-ring (bicyclic) bond motifs is 5. The SMILES string of the molecule is Brc1cccc2c1-n1cncc1C[N+]1(c3nc(C4CC4)no3)C=CN=C21. The van der Waals surface area contributed by atoms with Crippen molar-refractivity contribution in [3.8, 4) is 5.69 Å². The molecule has 1 atom stereocenters. The molecule has 2 aromatic heterocycles. The van der Waals surface area contributed by atoms with Gasteiger partial charge in [0.25, 0.3) is 5.84 Å². The maximum atomic E-state index is 5.74. The van der Waals surface area contributed by atoms with E-state index in [1.807, 2.05) is 37.1 Å². The molecule has 1 unspecified atom stereocenters. The topological polar surface area (TPSA) is 69.1 Å². The van der Waals surface area contributed by atoms with Gasteiger partial charge in [-0.15, -0.1) is 4.98 Å². The van der Waals surface area contributed by atoms with E-state index in [1.165, 1.54) is 0 Å². The van der Waals surface area contributed by atoms with Crippen LogP contribution >= 0.6 is 15.9 Å². The van der Waals surface area contributed by atoms with E-state index in [-0.39, 0.29) is 4.48 Å². The van der Waals surface area contributed by atoms with Crippen LogP contribution in [0.4, 0.5) is 6.01 Å². The van der Waals surface area contributed by atoms with E-state index >= 15 is 0 Å². The summed E-state index contributed by atoms with van der Waals surface area (Å²) in [5, 5.41) is 4.23. The Morgan fingerprint density at radius 1 is 1.27 bits per heavy atom. The van der Waals surface area contributed by atoms with E-state index in [4.69, 9.17) is 14.5 Å². The Bertz CT molecular complexity index is 1110. The zero-order chi connectivity index (χ0) is 17.3. The summed E-state index contributed by atoms with van der Waals surface area (Å²) < 4.78 is 9.12. The average molecular weight is 410 g/mol. The number of hydrogen-bond acceptors (Lipinski definition) is 5. The zero-order valence-electron chi connectivity index (χ0n) is 13.7. The van der Waals surface area contributed by atoms with Crippen LogP contribution in [0.15, 0.2) is 57.1 Å². The second kappa shape index (κ2) is 4.99. The fourth-order valence-corrected chi connectivity index (χ4v) is 4.32. The van der Waals surface area contributed by atoms with Gasteiger partial charge in [-0.25, -0.2) is 4.98 Å². The van der Waals surface area contributed by atoms with Crippen LogP contribution in [0.1, 0.15) is 35.8 Å². The van der Waals surface area contributed by atoms with Gasteiger partial charge in [0.2, 0.25) is 0 Å². The lowest BCUT2D eigenvalue weighted by molar-refractivity contribution is 0.340. The molecule has 6 rings (SSSR count). The summed E-state index contributed by atoms with van der Waals surface area (Å²) in [5.74, 6) is 2.13. The maximum Gasteiger partial charge on any atom is 0.439 e. The van der Waals surface area contributed by atoms with E-state index in [1.54, 1.807) is 0 Å². The Kier molecular flexibility index (Phi) is 2.80. The summed E-state index contributed by atoms with van der Waals surface area (Å²) in [7, 11) is 0. The summed E-state index contributed by atoms with van der Waals surface area (Å²) in [6, 6.07) is 6.68. The number of quaternary nitrogens is 1. The summed E-state index contributed by atoms with van der Waals surface area (Å²) in [4.78, 5) is 13.8. The van der Waals surface area contributed by atoms with Crippen LogP contribution in [0.3, 0.4) is 0 Å². The standard InChI is InChI=1S/C18H14BrN6O/c19-14-3-1-2-13-15(14)24-10-20-8-12(24)9-25(7-6-21-17(13)25)18-22-16(23-26-18)11-4-5-11/h1-3,6-8,10-11H,4-5,9H2/q+1. The number of benzene rings is 1. The van der Waals surface area contributed by atoms with Crippen LogP contribution in [0.5, 0.6) is 0 Å². The molecule has 2 aliphatic heterocycles. The third-order valence-corrected chi connectivity index (χ3v) is 5.85. The number of aromatic nitrogens is 4. The molecule has 1 saturated carbocycles. The molecule has 0 saturated heterocycles. The number of rotatable bonds is 2. The van der Waals surface area contributed by atoms with Gasteiger partial charge in [0.05, 0.1) is 35.7 Å². The van der Waals surface area contributed by atoms with E-state index < -0.39 is 0 Å². The molecule has 128 valence electrons. The highest BCUT2D eigenvalue weighted by atomic mass is 79.9. The highest BCUT2D eigenvalue weighted by molar-refractivity contribution is 9.10. The highest BCUT2D eigenvalue weighted by Crippen LogP contribution is 2.42. The van der Waals surface area contributed by atoms with Crippen LogP contribution in [-0.2, 0) is 6.54 Å². The Balaban J connectivity index is 1.63. The van der Waals surface area contributed by atoms with E-state index in [2.05, 4.69) is 36.7 Å². The van der Waals surface area contributed by atoms with Gasteiger partial charge in [-0.05, 0) is 40.9 Å². The fraction of sp³-hybridized carbons (Fsp3) is 0.222. The van der Waals surface area contributed by atoms with Crippen LogP contribution in [0.25, 0.3) is 5.69 Å². The lowest BCUT2D eigenvalue weighted by Crippen LogP contribution is -2.47. The zero-order valence-corrected chi connectivity index (χ0v) is 15.3. The van der Waals surface area contributed by atoms with E-state index in [0.717, 1.165) is 45.9 Å². The highest BCUT2D eigenvalue weighted by Gasteiger charge is 2.49. The first-order valence-electron chi connectivity index (χ1n) is 8.55. The molecular formula is C18H14BrN6O+. The van der Waals surface area contributed by atoms with E-state index in [0.29, 0.717) is 18.5 Å². The first-order chi connectivity index (χ1) is 12.8. The molecule has 26 heavy (non-hydrogen) atoms. The maximum absolute atomic E-state index is 5.74. The summed E-state index contributed by atoms with van der Waals surface area (Å²) in [6.45, 7) is 0.614. The molecule has 1 aromatic carbocycles. The summed E-state index contributed by atoms with van der Waals surface area (Å²) in [6.07, 6.45) is 9.85. The van der Waals surface area contributed by atoms with Gasteiger partial charge in [0.15, 0.2) is 5.82 Å². The molecule has 7 nitrogen and oxygen atoms in total. The first kappa shape index (κ1) is 14.6. The molecule has 0 amide bonds. The molecular weight excluding hydrogens is 396 g/mol. The third-order valence-electron chi connectivity index (χ3n) is 5.21. The van der Waals surface area contributed by atoms with Gasteiger partial charge in [-0.3, -0.25) is 9.09 Å². The Hall–Kier alpha value is -2.58. The number of imidazole rings is 1. The van der Waals surface area contributed by atoms with Crippen LogP contribution in [0.2, 0.25) is 0 Å². The average Bonchev–Trinajstić information content (AvgIpc) is 3.07. The van der Waals surface area contributed by atoms with Crippen molar-refractivity contribution in [2.45, 2.75) is 25.3 Å². The Labute approximate surface area is 157 Å². The summed E-state index contributed by atoms with van der Waals surface area (Å²) >= 11 is 3.69.